The molecule has 0 aliphatic carbocycles. The fraction of sp³-hybridized carbons (Fsp3) is 0.900. The number of hydrogen-bond donors (Lipinski definition) is 0. The van der Waals surface area contributed by atoms with Crippen LogP contribution in [0.3, 0.4) is 0 Å². The minimum atomic E-state index is -2.28. The molecule has 29 heavy (non-hydrogen) atoms. The first kappa shape index (κ1) is 26.8. The van der Waals surface area contributed by atoms with Gasteiger partial charge in [0.2, 0.25) is 8.32 Å². The van der Waals surface area contributed by atoms with Gasteiger partial charge in [-0.3, -0.25) is 9.59 Å². The topological polar surface area (TPSA) is 80.3 Å². The first-order chi connectivity index (χ1) is 13.4. The van der Waals surface area contributed by atoms with E-state index < -0.39 is 44.9 Å². The van der Waals surface area contributed by atoms with Gasteiger partial charge in [-0.15, -0.1) is 0 Å². The fourth-order valence-corrected chi connectivity index (χ4v) is 11.4. The summed E-state index contributed by atoms with van der Waals surface area (Å²) < 4.78 is 29.2. The lowest BCUT2D eigenvalue weighted by atomic mass is 10.0. The number of alkyl halides is 1. The van der Waals surface area contributed by atoms with Crippen LogP contribution in [0.4, 0.5) is 0 Å². The van der Waals surface area contributed by atoms with Gasteiger partial charge in [0.15, 0.2) is 12.4 Å². The molecule has 7 nitrogen and oxygen atoms in total. The summed E-state index contributed by atoms with van der Waals surface area (Å²) >= 11 is 2.25. The van der Waals surface area contributed by atoms with E-state index in [1.165, 1.54) is 13.8 Å². The fourth-order valence-electron chi connectivity index (χ4n) is 4.50. The molecule has 1 saturated heterocycles. The smallest absolute Gasteiger partial charge is 0.303 e. The summed E-state index contributed by atoms with van der Waals surface area (Å²) in [5.41, 5.74) is 1.08. The quantitative estimate of drug-likeness (QED) is 0.186. The molecule has 0 radical (unpaired) electrons. The number of rotatable bonds is 9. The van der Waals surface area contributed by atoms with Crippen LogP contribution < -0.4 is 0 Å². The second kappa shape index (κ2) is 11.4. The molecule has 0 unspecified atom stereocenters. The van der Waals surface area contributed by atoms with E-state index in [0.717, 1.165) is 0 Å². The Morgan fingerprint density at radius 1 is 0.966 bits per heavy atom. The van der Waals surface area contributed by atoms with Gasteiger partial charge in [0.05, 0.1) is 3.92 Å². The van der Waals surface area contributed by atoms with Gasteiger partial charge in [-0.2, -0.15) is 0 Å². The molecule has 0 aromatic heterocycles. The number of halogens is 1. The molecule has 0 aromatic rings. The Kier molecular flexibility index (Phi) is 10.5. The summed E-state index contributed by atoms with van der Waals surface area (Å²) in [5, 5.41) is 0. The van der Waals surface area contributed by atoms with E-state index in [9.17, 15) is 9.59 Å². The molecule has 1 heterocycles. The highest BCUT2D eigenvalue weighted by atomic mass is 127. The number of hydrogen-bond acceptors (Lipinski definition) is 7. The first-order valence-electron chi connectivity index (χ1n) is 10.2. The van der Waals surface area contributed by atoms with Crippen molar-refractivity contribution in [1.82, 2.24) is 0 Å². The summed E-state index contributed by atoms with van der Waals surface area (Å²) in [5.74, 6) is -0.848. The Morgan fingerprint density at radius 2 is 1.48 bits per heavy atom. The predicted octanol–water partition coefficient (Wildman–Crippen LogP) is 4.22. The van der Waals surface area contributed by atoms with Crippen molar-refractivity contribution in [2.24, 2.45) is 0 Å². The number of carbonyl (C=O) groups is 2. The Morgan fingerprint density at radius 3 is 1.86 bits per heavy atom. The van der Waals surface area contributed by atoms with E-state index in [4.69, 9.17) is 23.4 Å². The van der Waals surface area contributed by atoms with Crippen LogP contribution in [0.15, 0.2) is 0 Å². The zero-order chi connectivity index (χ0) is 22.5. The van der Waals surface area contributed by atoms with Crippen LogP contribution in [-0.2, 0) is 33.0 Å². The second-order valence-electron chi connectivity index (χ2n) is 8.50. The van der Waals surface area contributed by atoms with Crippen molar-refractivity contribution in [3.05, 3.63) is 0 Å². The Labute approximate surface area is 189 Å². The highest BCUT2D eigenvalue weighted by Gasteiger charge is 2.54. The molecule has 0 aromatic carbocycles. The van der Waals surface area contributed by atoms with Crippen LogP contribution in [0.1, 0.15) is 55.4 Å². The van der Waals surface area contributed by atoms with Crippen LogP contribution in [-0.4, -0.2) is 62.5 Å². The zero-order valence-corrected chi connectivity index (χ0v) is 22.2. The molecule has 1 fully saturated rings. The van der Waals surface area contributed by atoms with Crippen molar-refractivity contribution in [3.8, 4) is 0 Å². The SMILES string of the molecule is CO[C@H]1O[C@H](COC(C)=O)[C@H](OC(C)=O)[C@H](O[Si](C(C)C)(C(C)C)C(C)C)[C@@H]1I. The van der Waals surface area contributed by atoms with Gasteiger partial charge >= 0.3 is 11.9 Å². The average molecular weight is 544 g/mol. The maximum absolute atomic E-state index is 11.9. The van der Waals surface area contributed by atoms with Crippen molar-refractivity contribution >= 4 is 42.8 Å². The standard InChI is InChI=1S/C20H37IO7Si/c1-11(2)29(12(3)4,13(5)6)28-19-17(21)20(24-9)27-16(10-25-14(7)22)18(19)26-15(8)23/h11-13,16-20H,10H2,1-9H3/t16-,17+,18+,19-,20+/m1/s1. The highest BCUT2D eigenvalue weighted by Crippen LogP contribution is 2.45. The van der Waals surface area contributed by atoms with E-state index in [2.05, 4.69) is 64.1 Å². The van der Waals surface area contributed by atoms with Crippen LogP contribution in [0, 0.1) is 0 Å². The lowest BCUT2D eigenvalue weighted by molar-refractivity contribution is -0.247. The zero-order valence-electron chi connectivity index (χ0n) is 19.1. The molecule has 1 rings (SSSR count). The molecule has 0 N–H and O–H groups in total. The molecule has 0 spiro atoms. The van der Waals surface area contributed by atoms with E-state index in [-0.39, 0.29) is 10.5 Å². The van der Waals surface area contributed by atoms with Crippen molar-refractivity contribution < 1.29 is 33.0 Å². The first-order valence-corrected chi connectivity index (χ1v) is 13.6. The molecule has 0 bridgehead atoms. The van der Waals surface area contributed by atoms with Gasteiger partial charge in [0, 0.05) is 21.0 Å². The minimum Gasteiger partial charge on any atom is -0.463 e. The van der Waals surface area contributed by atoms with Gasteiger partial charge in [-0.1, -0.05) is 64.1 Å². The maximum atomic E-state index is 11.9. The van der Waals surface area contributed by atoms with Crippen molar-refractivity contribution in [1.29, 1.82) is 0 Å². The van der Waals surface area contributed by atoms with E-state index in [0.29, 0.717) is 16.6 Å². The molecular formula is C20H37IO7Si. The van der Waals surface area contributed by atoms with Crippen molar-refractivity contribution in [2.75, 3.05) is 13.7 Å². The number of methoxy groups -OCH3 is 1. The average Bonchev–Trinajstić information content (AvgIpc) is 2.59. The molecule has 5 atom stereocenters. The molecule has 1 aliphatic heterocycles. The normalized spacial score (nSPS) is 28.1. The number of carbonyl (C=O) groups excluding carboxylic acids is 2. The number of esters is 2. The molecule has 9 heteroatoms. The van der Waals surface area contributed by atoms with Crippen molar-refractivity contribution in [2.45, 2.75) is 101 Å². The Hall–Kier alpha value is -0.233. The van der Waals surface area contributed by atoms with E-state index >= 15 is 0 Å². The molecular weight excluding hydrogens is 507 g/mol. The van der Waals surface area contributed by atoms with Gasteiger partial charge in [-0.05, 0) is 16.6 Å². The third-order valence-electron chi connectivity index (χ3n) is 5.61. The predicted molar refractivity (Wildman–Crippen MR) is 122 cm³/mol. The van der Waals surface area contributed by atoms with Crippen molar-refractivity contribution in [3.63, 3.8) is 0 Å². The van der Waals surface area contributed by atoms with Crippen LogP contribution in [0.5, 0.6) is 0 Å². The lowest BCUT2D eigenvalue weighted by Gasteiger charge is -2.50. The third-order valence-corrected chi connectivity index (χ3v) is 13.0. The van der Waals surface area contributed by atoms with Crippen LogP contribution in [0.25, 0.3) is 0 Å². The van der Waals surface area contributed by atoms with Gasteiger partial charge in [0.1, 0.15) is 18.8 Å². The maximum Gasteiger partial charge on any atom is 0.303 e. The van der Waals surface area contributed by atoms with E-state index in [1.807, 2.05) is 0 Å². The summed E-state index contributed by atoms with van der Waals surface area (Å²) in [6.07, 6.45) is -2.35. The summed E-state index contributed by atoms with van der Waals surface area (Å²) in [4.78, 5) is 23.3. The van der Waals surface area contributed by atoms with Crippen LogP contribution >= 0.6 is 22.6 Å². The Bertz CT molecular complexity index is 533. The minimum absolute atomic E-state index is 0.0318. The summed E-state index contributed by atoms with van der Waals surface area (Å²) in [7, 11) is -0.711. The van der Waals surface area contributed by atoms with Gasteiger partial charge in [0.25, 0.3) is 0 Å². The molecule has 170 valence electrons. The monoisotopic (exact) mass is 544 g/mol. The second-order valence-corrected chi connectivity index (χ2v) is 15.3. The highest BCUT2D eigenvalue weighted by molar-refractivity contribution is 14.1. The van der Waals surface area contributed by atoms with Gasteiger partial charge < -0.3 is 23.4 Å². The van der Waals surface area contributed by atoms with E-state index in [1.54, 1.807) is 7.11 Å². The molecule has 0 amide bonds. The van der Waals surface area contributed by atoms with Gasteiger partial charge in [-0.25, -0.2) is 0 Å². The Balaban J connectivity index is 3.39. The third kappa shape index (κ3) is 6.38. The summed E-state index contributed by atoms with van der Waals surface area (Å²) in [6, 6.07) is 0. The largest absolute Gasteiger partial charge is 0.463 e. The number of ether oxygens (including phenoxy) is 4. The lowest BCUT2D eigenvalue weighted by Crippen LogP contribution is -2.63. The van der Waals surface area contributed by atoms with Crippen LogP contribution in [0.2, 0.25) is 16.6 Å². The molecule has 0 saturated carbocycles. The molecule has 1 aliphatic rings. The summed E-state index contributed by atoms with van der Waals surface area (Å²) in [6.45, 7) is 15.9.